The Morgan fingerprint density at radius 3 is 2.34 bits per heavy atom. The Labute approximate surface area is 166 Å². The second-order valence-corrected chi connectivity index (χ2v) is 7.25. The van der Waals surface area contributed by atoms with E-state index in [0.717, 1.165) is 53.2 Å². The van der Waals surface area contributed by atoms with Gasteiger partial charge in [-0.3, -0.25) is 4.90 Å². The van der Waals surface area contributed by atoms with Crippen molar-refractivity contribution in [3.63, 3.8) is 0 Å². The van der Waals surface area contributed by atoms with Crippen molar-refractivity contribution in [1.29, 1.82) is 0 Å². The molecule has 0 atom stereocenters. The van der Waals surface area contributed by atoms with Gasteiger partial charge < -0.3 is 5.11 Å². The molecule has 7 heteroatoms. The molecule has 1 aliphatic heterocycles. The SMILES string of the molecule is Cc1nc2c(c(-c3ccc(O)cc3)n1)CN(Cc1ccc(C(F)(F)F)cc1)CC2. The second-order valence-electron chi connectivity index (χ2n) is 7.25. The van der Waals surface area contributed by atoms with Gasteiger partial charge in [-0.25, -0.2) is 9.97 Å². The first-order chi connectivity index (χ1) is 13.8. The Bertz CT molecular complexity index is 1020. The van der Waals surface area contributed by atoms with Gasteiger partial charge in [0.2, 0.25) is 0 Å². The maximum absolute atomic E-state index is 12.8. The van der Waals surface area contributed by atoms with Crippen molar-refractivity contribution in [3.8, 4) is 17.0 Å². The minimum atomic E-state index is -4.32. The fourth-order valence-electron chi connectivity index (χ4n) is 3.64. The number of hydrogen-bond donors (Lipinski definition) is 1. The predicted molar refractivity (Wildman–Crippen MR) is 103 cm³/mol. The summed E-state index contributed by atoms with van der Waals surface area (Å²) in [6.07, 6.45) is -3.57. The summed E-state index contributed by atoms with van der Waals surface area (Å²) in [6.45, 7) is 3.81. The minimum absolute atomic E-state index is 0.192. The fraction of sp³-hybridized carbons (Fsp3) is 0.273. The number of phenols is 1. The number of phenolic OH excluding ortho intramolecular Hbond substituents is 1. The summed E-state index contributed by atoms with van der Waals surface area (Å²) in [5, 5.41) is 9.56. The first-order valence-corrected chi connectivity index (χ1v) is 9.34. The van der Waals surface area contributed by atoms with E-state index in [1.165, 1.54) is 12.1 Å². The van der Waals surface area contributed by atoms with Crippen LogP contribution in [-0.2, 0) is 25.7 Å². The lowest BCUT2D eigenvalue weighted by atomic mass is 9.98. The number of benzene rings is 2. The van der Waals surface area contributed by atoms with E-state index in [9.17, 15) is 18.3 Å². The van der Waals surface area contributed by atoms with Crippen molar-refractivity contribution in [2.24, 2.45) is 0 Å². The number of nitrogens with zero attached hydrogens (tertiary/aromatic N) is 3. The zero-order valence-corrected chi connectivity index (χ0v) is 15.9. The van der Waals surface area contributed by atoms with Crippen molar-refractivity contribution in [1.82, 2.24) is 14.9 Å². The normalized spacial score (nSPS) is 14.6. The predicted octanol–water partition coefficient (Wildman–Crippen LogP) is 4.73. The van der Waals surface area contributed by atoms with Gasteiger partial charge in [-0.1, -0.05) is 12.1 Å². The zero-order valence-electron chi connectivity index (χ0n) is 15.9. The van der Waals surface area contributed by atoms with Crippen LogP contribution in [0.15, 0.2) is 48.5 Å². The topological polar surface area (TPSA) is 49.3 Å². The Balaban J connectivity index is 1.58. The molecule has 0 unspecified atom stereocenters. The molecule has 3 aromatic rings. The molecule has 0 aliphatic carbocycles. The van der Waals surface area contributed by atoms with E-state index < -0.39 is 11.7 Å². The molecule has 0 bridgehead atoms. The molecule has 2 heterocycles. The molecule has 0 radical (unpaired) electrons. The maximum atomic E-state index is 12.8. The van der Waals surface area contributed by atoms with Crippen LogP contribution in [0.2, 0.25) is 0 Å². The maximum Gasteiger partial charge on any atom is 0.416 e. The van der Waals surface area contributed by atoms with Gasteiger partial charge in [-0.2, -0.15) is 13.2 Å². The van der Waals surface area contributed by atoms with Crippen LogP contribution in [0.1, 0.15) is 28.2 Å². The summed E-state index contributed by atoms with van der Waals surface area (Å²) in [5.41, 5.74) is 3.97. The van der Waals surface area contributed by atoms with Gasteiger partial charge in [0.15, 0.2) is 0 Å². The van der Waals surface area contributed by atoms with Crippen LogP contribution in [0.5, 0.6) is 5.75 Å². The third kappa shape index (κ3) is 4.24. The zero-order chi connectivity index (χ0) is 20.6. The first kappa shape index (κ1) is 19.4. The van der Waals surface area contributed by atoms with E-state index in [4.69, 9.17) is 0 Å². The molecule has 4 nitrogen and oxygen atoms in total. The van der Waals surface area contributed by atoms with E-state index in [2.05, 4.69) is 14.9 Å². The second kappa shape index (κ2) is 7.48. The summed E-state index contributed by atoms with van der Waals surface area (Å²) in [5.74, 6) is 0.889. The third-order valence-electron chi connectivity index (χ3n) is 5.08. The van der Waals surface area contributed by atoms with Gasteiger partial charge in [0.25, 0.3) is 0 Å². The van der Waals surface area contributed by atoms with Crippen molar-refractivity contribution >= 4 is 0 Å². The van der Waals surface area contributed by atoms with E-state index in [1.54, 1.807) is 12.1 Å². The molecule has 0 spiro atoms. The van der Waals surface area contributed by atoms with Gasteiger partial charge in [0, 0.05) is 37.2 Å². The largest absolute Gasteiger partial charge is 0.508 e. The molecular weight excluding hydrogens is 379 g/mol. The smallest absolute Gasteiger partial charge is 0.416 e. The van der Waals surface area contributed by atoms with Gasteiger partial charge in [0.1, 0.15) is 11.6 Å². The third-order valence-corrected chi connectivity index (χ3v) is 5.08. The molecule has 0 saturated carbocycles. The molecule has 4 rings (SSSR count). The van der Waals surface area contributed by atoms with E-state index in [-0.39, 0.29) is 5.75 Å². The highest BCUT2D eigenvalue weighted by Crippen LogP contribution is 2.31. The summed E-state index contributed by atoms with van der Waals surface area (Å²) in [4.78, 5) is 11.4. The number of fused-ring (bicyclic) bond motifs is 1. The van der Waals surface area contributed by atoms with Crippen LogP contribution < -0.4 is 0 Å². The average Bonchev–Trinajstić information content (AvgIpc) is 2.68. The minimum Gasteiger partial charge on any atom is -0.508 e. The van der Waals surface area contributed by atoms with Crippen LogP contribution in [0, 0.1) is 6.92 Å². The lowest BCUT2D eigenvalue weighted by Gasteiger charge is -2.29. The van der Waals surface area contributed by atoms with Gasteiger partial charge in [-0.05, 0) is 48.9 Å². The number of aryl methyl sites for hydroxylation is 1. The molecular formula is C22H20F3N3O. The molecule has 0 fully saturated rings. The molecule has 29 heavy (non-hydrogen) atoms. The van der Waals surface area contributed by atoms with Gasteiger partial charge in [-0.15, -0.1) is 0 Å². The monoisotopic (exact) mass is 399 g/mol. The Morgan fingerprint density at radius 2 is 1.69 bits per heavy atom. The molecule has 0 saturated heterocycles. The lowest BCUT2D eigenvalue weighted by Crippen LogP contribution is -2.31. The van der Waals surface area contributed by atoms with Crippen LogP contribution in [0.4, 0.5) is 13.2 Å². The van der Waals surface area contributed by atoms with Gasteiger partial charge >= 0.3 is 6.18 Å². The van der Waals surface area contributed by atoms with Crippen LogP contribution >= 0.6 is 0 Å². The van der Waals surface area contributed by atoms with Crippen molar-refractivity contribution < 1.29 is 18.3 Å². The summed E-state index contributed by atoms with van der Waals surface area (Å²) in [7, 11) is 0. The Kier molecular flexibility index (Phi) is 5.00. The highest BCUT2D eigenvalue weighted by Gasteiger charge is 2.30. The summed E-state index contributed by atoms with van der Waals surface area (Å²) in [6, 6.07) is 12.2. The van der Waals surface area contributed by atoms with Crippen LogP contribution in [0.3, 0.4) is 0 Å². The Hall–Kier alpha value is -2.93. The van der Waals surface area contributed by atoms with E-state index in [1.807, 2.05) is 19.1 Å². The fourth-order valence-corrected chi connectivity index (χ4v) is 3.64. The van der Waals surface area contributed by atoms with E-state index in [0.29, 0.717) is 18.9 Å². The van der Waals surface area contributed by atoms with Crippen molar-refractivity contribution in [3.05, 3.63) is 76.7 Å². The lowest BCUT2D eigenvalue weighted by molar-refractivity contribution is -0.137. The highest BCUT2D eigenvalue weighted by molar-refractivity contribution is 5.65. The van der Waals surface area contributed by atoms with E-state index >= 15 is 0 Å². The van der Waals surface area contributed by atoms with Crippen LogP contribution in [-0.4, -0.2) is 26.5 Å². The van der Waals surface area contributed by atoms with Gasteiger partial charge in [0.05, 0.1) is 17.0 Å². The highest BCUT2D eigenvalue weighted by atomic mass is 19.4. The standard InChI is InChI=1S/C22H20F3N3O/c1-14-26-20-10-11-28(12-15-2-6-17(7-3-15)22(23,24)25)13-19(20)21(27-14)16-4-8-18(29)9-5-16/h2-9,29H,10-13H2,1H3. The molecule has 0 amide bonds. The molecule has 1 aliphatic rings. The molecule has 2 aromatic carbocycles. The number of aromatic nitrogens is 2. The van der Waals surface area contributed by atoms with Crippen molar-refractivity contribution in [2.75, 3.05) is 6.54 Å². The number of aromatic hydroxyl groups is 1. The number of halogens is 3. The Morgan fingerprint density at radius 1 is 1.00 bits per heavy atom. The molecule has 1 N–H and O–H groups in total. The quantitative estimate of drug-likeness (QED) is 0.692. The number of alkyl halides is 3. The number of rotatable bonds is 3. The first-order valence-electron chi connectivity index (χ1n) is 9.34. The summed E-state index contributed by atoms with van der Waals surface area (Å²) >= 11 is 0. The molecule has 150 valence electrons. The summed E-state index contributed by atoms with van der Waals surface area (Å²) < 4.78 is 38.3. The van der Waals surface area contributed by atoms with Crippen molar-refractivity contribution in [2.45, 2.75) is 32.6 Å². The number of hydrogen-bond acceptors (Lipinski definition) is 4. The molecule has 1 aromatic heterocycles. The van der Waals surface area contributed by atoms with Crippen LogP contribution in [0.25, 0.3) is 11.3 Å². The average molecular weight is 399 g/mol.